The van der Waals surface area contributed by atoms with Gasteiger partial charge in [-0.25, -0.2) is 0 Å². The molecule has 0 spiro atoms. The third-order valence-corrected chi connectivity index (χ3v) is 6.68. The molecule has 27 heavy (non-hydrogen) atoms. The van der Waals surface area contributed by atoms with Crippen molar-refractivity contribution in [2.45, 2.75) is 19.9 Å². The molecule has 0 radical (unpaired) electrons. The summed E-state index contributed by atoms with van der Waals surface area (Å²) in [6.07, 6.45) is 0. The third kappa shape index (κ3) is 6.26. The van der Waals surface area contributed by atoms with Crippen LogP contribution in [0, 0.1) is 5.92 Å². The lowest BCUT2D eigenvalue weighted by Crippen LogP contribution is -2.57. The standard InChI is InChI=1S/C15H29N5O5S.ClH/c1-12(2)14(16)15(22)17-11-13(21)18-3-5-19(6-4-18)26(23,24)20-7-9-25-10-8-20;/h12,14H,3-11,16H2,1-2H3,(H,17,22);1H/t14-;/m0./s1. The Bertz CT molecular complexity index is 604. The minimum absolute atomic E-state index is 0. The largest absolute Gasteiger partial charge is 0.379 e. The molecule has 2 rings (SSSR count). The van der Waals surface area contributed by atoms with Gasteiger partial charge in [0.15, 0.2) is 0 Å². The van der Waals surface area contributed by atoms with Crippen LogP contribution in [0.4, 0.5) is 0 Å². The number of morpholine rings is 1. The number of carbonyl (C=O) groups is 2. The van der Waals surface area contributed by atoms with Crippen molar-refractivity contribution in [3.8, 4) is 0 Å². The summed E-state index contributed by atoms with van der Waals surface area (Å²) in [5.74, 6) is -0.612. The topological polar surface area (TPSA) is 125 Å². The molecule has 0 aromatic heterocycles. The lowest BCUT2D eigenvalue weighted by molar-refractivity contribution is -0.134. The number of nitrogens with zero attached hydrogens (tertiary/aromatic N) is 3. The number of hydrogen-bond acceptors (Lipinski definition) is 6. The average molecular weight is 428 g/mol. The summed E-state index contributed by atoms with van der Waals surface area (Å²) >= 11 is 0. The molecule has 2 amide bonds. The van der Waals surface area contributed by atoms with E-state index in [0.29, 0.717) is 39.4 Å². The zero-order chi connectivity index (χ0) is 19.3. The van der Waals surface area contributed by atoms with Crippen LogP contribution in [0.2, 0.25) is 0 Å². The van der Waals surface area contributed by atoms with E-state index in [1.165, 1.54) is 8.61 Å². The molecule has 2 aliphatic heterocycles. The van der Waals surface area contributed by atoms with E-state index in [-0.39, 0.29) is 49.8 Å². The summed E-state index contributed by atoms with van der Waals surface area (Å²) < 4.78 is 33.2. The molecule has 0 aromatic carbocycles. The molecule has 2 fully saturated rings. The number of hydrogen-bond donors (Lipinski definition) is 2. The first kappa shape index (κ1) is 24.1. The van der Waals surface area contributed by atoms with E-state index in [0.717, 1.165) is 0 Å². The number of nitrogens with two attached hydrogens (primary N) is 1. The Balaban J connectivity index is 0.00000364. The van der Waals surface area contributed by atoms with Crippen molar-refractivity contribution in [1.29, 1.82) is 0 Å². The van der Waals surface area contributed by atoms with Crippen LogP contribution in [0.25, 0.3) is 0 Å². The summed E-state index contributed by atoms with van der Waals surface area (Å²) in [6.45, 7) is 6.12. The first-order chi connectivity index (χ1) is 12.2. The Hall–Kier alpha value is -0.980. The van der Waals surface area contributed by atoms with Gasteiger partial charge < -0.3 is 20.7 Å². The van der Waals surface area contributed by atoms with Crippen LogP contribution in [0.15, 0.2) is 0 Å². The Labute approximate surface area is 166 Å². The molecule has 0 aromatic rings. The van der Waals surface area contributed by atoms with Crippen molar-refractivity contribution >= 4 is 34.4 Å². The van der Waals surface area contributed by atoms with Crippen molar-refractivity contribution < 1.29 is 22.7 Å². The highest BCUT2D eigenvalue weighted by atomic mass is 35.5. The second-order valence-electron chi connectivity index (χ2n) is 6.79. The maximum atomic E-state index is 12.6. The van der Waals surface area contributed by atoms with E-state index < -0.39 is 16.3 Å². The maximum Gasteiger partial charge on any atom is 0.282 e. The molecule has 12 heteroatoms. The highest BCUT2D eigenvalue weighted by molar-refractivity contribution is 7.86. The van der Waals surface area contributed by atoms with Gasteiger partial charge in [0.1, 0.15) is 0 Å². The molecule has 0 aliphatic carbocycles. The molecule has 10 nitrogen and oxygen atoms in total. The number of piperazine rings is 1. The Kier molecular flexibility index (Phi) is 9.39. The molecule has 0 bridgehead atoms. The maximum absolute atomic E-state index is 12.6. The molecular formula is C15H30ClN5O5S. The van der Waals surface area contributed by atoms with Gasteiger partial charge in [0.2, 0.25) is 11.8 Å². The van der Waals surface area contributed by atoms with Crippen LogP contribution in [0.3, 0.4) is 0 Å². The summed E-state index contributed by atoms with van der Waals surface area (Å²) in [7, 11) is -3.52. The summed E-state index contributed by atoms with van der Waals surface area (Å²) in [6, 6.07) is -0.654. The van der Waals surface area contributed by atoms with Gasteiger partial charge in [-0.1, -0.05) is 13.8 Å². The van der Waals surface area contributed by atoms with E-state index in [1.54, 1.807) is 4.90 Å². The molecule has 1 atom stereocenters. The van der Waals surface area contributed by atoms with E-state index in [4.69, 9.17) is 10.5 Å². The number of rotatable bonds is 6. The van der Waals surface area contributed by atoms with Crippen molar-refractivity contribution in [3.05, 3.63) is 0 Å². The minimum atomic E-state index is -3.52. The third-order valence-electron chi connectivity index (χ3n) is 4.65. The summed E-state index contributed by atoms with van der Waals surface area (Å²) in [5.41, 5.74) is 5.74. The molecule has 158 valence electrons. The van der Waals surface area contributed by atoms with E-state index in [2.05, 4.69) is 5.32 Å². The van der Waals surface area contributed by atoms with Crippen molar-refractivity contribution in [1.82, 2.24) is 18.8 Å². The van der Waals surface area contributed by atoms with Gasteiger partial charge in [-0.15, -0.1) is 12.4 Å². The van der Waals surface area contributed by atoms with Crippen LogP contribution in [0.1, 0.15) is 13.8 Å². The smallest absolute Gasteiger partial charge is 0.282 e. The normalized spacial score (nSPS) is 20.8. The molecule has 2 aliphatic rings. The second kappa shape index (κ2) is 10.5. The predicted molar refractivity (Wildman–Crippen MR) is 103 cm³/mol. The summed E-state index contributed by atoms with van der Waals surface area (Å²) in [5, 5.41) is 2.54. The highest BCUT2D eigenvalue weighted by Gasteiger charge is 2.34. The molecule has 2 heterocycles. The minimum Gasteiger partial charge on any atom is -0.379 e. The number of carbonyl (C=O) groups excluding carboxylic acids is 2. The monoisotopic (exact) mass is 427 g/mol. The predicted octanol–water partition coefficient (Wildman–Crippen LogP) is -1.77. The highest BCUT2D eigenvalue weighted by Crippen LogP contribution is 2.14. The van der Waals surface area contributed by atoms with Gasteiger partial charge in [-0.05, 0) is 5.92 Å². The van der Waals surface area contributed by atoms with Gasteiger partial charge in [0.05, 0.1) is 25.8 Å². The fourth-order valence-electron chi connectivity index (χ4n) is 2.80. The first-order valence-corrected chi connectivity index (χ1v) is 10.3. The SMILES string of the molecule is CC(C)[C@H](N)C(=O)NCC(=O)N1CCN(S(=O)(=O)N2CCOCC2)CC1.Cl. The van der Waals surface area contributed by atoms with Crippen LogP contribution in [-0.4, -0.2) is 98.8 Å². The van der Waals surface area contributed by atoms with Crippen LogP contribution < -0.4 is 11.1 Å². The fraction of sp³-hybridized carbons (Fsp3) is 0.867. The Morgan fingerprint density at radius 2 is 1.56 bits per heavy atom. The van der Waals surface area contributed by atoms with E-state index in [9.17, 15) is 18.0 Å². The number of amides is 2. The number of halogens is 1. The number of nitrogens with one attached hydrogen (secondary N) is 1. The van der Waals surface area contributed by atoms with Crippen molar-refractivity contribution in [2.24, 2.45) is 11.7 Å². The molecule has 0 unspecified atom stereocenters. The van der Waals surface area contributed by atoms with Gasteiger partial charge in [-0.2, -0.15) is 17.0 Å². The summed E-state index contributed by atoms with van der Waals surface area (Å²) in [4.78, 5) is 25.6. The van der Waals surface area contributed by atoms with Crippen molar-refractivity contribution in [2.75, 3.05) is 59.0 Å². The Morgan fingerprint density at radius 1 is 1.04 bits per heavy atom. The fourth-order valence-corrected chi connectivity index (χ4v) is 4.37. The van der Waals surface area contributed by atoms with E-state index >= 15 is 0 Å². The van der Waals surface area contributed by atoms with Gasteiger partial charge in [0.25, 0.3) is 10.2 Å². The van der Waals surface area contributed by atoms with Crippen LogP contribution in [0.5, 0.6) is 0 Å². The van der Waals surface area contributed by atoms with Gasteiger partial charge in [0, 0.05) is 39.3 Å². The second-order valence-corrected chi connectivity index (χ2v) is 8.72. The molecule has 2 saturated heterocycles. The van der Waals surface area contributed by atoms with Gasteiger partial charge in [-0.3, -0.25) is 9.59 Å². The molecular weight excluding hydrogens is 398 g/mol. The Morgan fingerprint density at radius 3 is 2.07 bits per heavy atom. The quantitative estimate of drug-likeness (QED) is 0.516. The lowest BCUT2D eigenvalue weighted by Gasteiger charge is -2.37. The molecule has 3 N–H and O–H groups in total. The lowest BCUT2D eigenvalue weighted by atomic mass is 10.1. The zero-order valence-electron chi connectivity index (χ0n) is 15.8. The zero-order valence-corrected chi connectivity index (χ0v) is 17.4. The van der Waals surface area contributed by atoms with Crippen LogP contribution in [-0.2, 0) is 24.5 Å². The van der Waals surface area contributed by atoms with Gasteiger partial charge >= 0.3 is 0 Å². The average Bonchev–Trinajstić information content (AvgIpc) is 2.65. The van der Waals surface area contributed by atoms with E-state index in [1.807, 2.05) is 13.8 Å². The first-order valence-electron chi connectivity index (χ1n) is 8.87. The van der Waals surface area contributed by atoms with Crippen LogP contribution >= 0.6 is 12.4 Å². The number of ether oxygens (including phenoxy) is 1. The van der Waals surface area contributed by atoms with Crippen molar-refractivity contribution in [3.63, 3.8) is 0 Å². The molecule has 0 saturated carbocycles.